The lowest BCUT2D eigenvalue weighted by Crippen LogP contribution is -2.27. The number of hydrogen-bond donors (Lipinski definition) is 3. The highest BCUT2D eigenvalue weighted by Gasteiger charge is 2.21. The summed E-state index contributed by atoms with van der Waals surface area (Å²) in [5.41, 5.74) is 2.92. The summed E-state index contributed by atoms with van der Waals surface area (Å²) in [5, 5.41) is 28.7. The van der Waals surface area contributed by atoms with Crippen molar-refractivity contribution in [3.05, 3.63) is 28.8 Å². The number of benzene rings is 1. The van der Waals surface area contributed by atoms with Crippen LogP contribution in [0, 0.1) is 6.92 Å². The summed E-state index contributed by atoms with van der Waals surface area (Å²) in [5.74, 6) is 0.371. The first-order valence-corrected chi connectivity index (χ1v) is 8.06. The lowest BCUT2D eigenvalue weighted by Gasteiger charge is -2.26. The van der Waals surface area contributed by atoms with Gasteiger partial charge in [0.15, 0.2) is 0 Å². The highest BCUT2D eigenvalue weighted by atomic mass is 16.3. The Morgan fingerprint density at radius 1 is 1.00 bits per heavy atom. The van der Waals surface area contributed by atoms with E-state index >= 15 is 0 Å². The maximum Gasteiger partial charge on any atom is 0.123 e. The number of nitrogens with zero attached hydrogens (tertiary/aromatic N) is 1. The van der Waals surface area contributed by atoms with Gasteiger partial charge in [0, 0.05) is 38.4 Å². The number of phenolic OH excluding ortho intramolecular Hbond substituents is 1. The van der Waals surface area contributed by atoms with Gasteiger partial charge in [0.05, 0.1) is 0 Å². The molecule has 0 amide bonds. The molecule has 0 atom stereocenters. The fourth-order valence-electron chi connectivity index (χ4n) is 2.65. The smallest absolute Gasteiger partial charge is 0.123 e. The standard InChI is InChI=1S/C18H31NO3/c1-14-11-15(17(22)16(12-14)18(2,3)4)13-19(7-5-9-20)8-6-10-21/h11-12,20-22H,5-10,13H2,1-4H3. The van der Waals surface area contributed by atoms with Crippen LogP contribution in [0.2, 0.25) is 0 Å². The predicted molar refractivity (Wildman–Crippen MR) is 90.2 cm³/mol. The lowest BCUT2D eigenvalue weighted by molar-refractivity contribution is 0.195. The van der Waals surface area contributed by atoms with Crippen LogP contribution in [0.15, 0.2) is 12.1 Å². The average molecular weight is 309 g/mol. The van der Waals surface area contributed by atoms with Crippen molar-refractivity contribution in [2.24, 2.45) is 0 Å². The second kappa shape index (κ2) is 8.51. The van der Waals surface area contributed by atoms with E-state index in [9.17, 15) is 5.11 Å². The highest BCUT2D eigenvalue weighted by Crippen LogP contribution is 2.34. The average Bonchev–Trinajstić information content (AvgIpc) is 2.43. The van der Waals surface area contributed by atoms with Gasteiger partial charge in [0.1, 0.15) is 5.75 Å². The topological polar surface area (TPSA) is 63.9 Å². The molecular formula is C18H31NO3. The molecule has 0 radical (unpaired) electrons. The fourth-order valence-corrected chi connectivity index (χ4v) is 2.65. The zero-order valence-electron chi connectivity index (χ0n) is 14.4. The maximum absolute atomic E-state index is 10.6. The van der Waals surface area contributed by atoms with E-state index in [0.717, 1.165) is 29.8 Å². The molecule has 0 heterocycles. The molecule has 0 unspecified atom stereocenters. The fraction of sp³-hybridized carbons (Fsp3) is 0.667. The molecule has 1 aromatic carbocycles. The SMILES string of the molecule is Cc1cc(CN(CCCO)CCCO)c(O)c(C(C)(C)C)c1. The van der Waals surface area contributed by atoms with Crippen LogP contribution in [0.25, 0.3) is 0 Å². The van der Waals surface area contributed by atoms with Gasteiger partial charge in [0.25, 0.3) is 0 Å². The van der Waals surface area contributed by atoms with E-state index in [0.29, 0.717) is 25.1 Å². The van der Waals surface area contributed by atoms with Crippen LogP contribution in [-0.4, -0.2) is 46.5 Å². The van der Waals surface area contributed by atoms with Gasteiger partial charge in [-0.1, -0.05) is 38.5 Å². The van der Waals surface area contributed by atoms with Gasteiger partial charge in [0.2, 0.25) is 0 Å². The summed E-state index contributed by atoms with van der Waals surface area (Å²) >= 11 is 0. The third-order valence-corrected chi connectivity index (χ3v) is 3.80. The van der Waals surface area contributed by atoms with E-state index in [2.05, 4.69) is 25.7 Å². The quantitative estimate of drug-likeness (QED) is 0.690. The predicted octanol–water partition coefficient (Wildman–Crippen LogP) is 2.56. The third-order valence-electron chi connectivity index (χ3n) is 3.80. The van der Waals surface area contributed by atoms with Crippen LogP contribution >= 0.6 is 0 Å². The first-order valence-electron chi connectivity index (χ1n) is 8.06. The molecule has 0 saturated heterocycles. The van der Waals surface area contributed by atoms with Crippen molar-refractivity contribution in [1.29, 1.82) is 0 Å². The van der Waals surface area contributed by atoms with E-state index in [1.165, 1.54) is 0 Å². The van der Waals surface area contributed by atoms with Gasteiger partial charge in [-0.15, -0.1) is 0 Å². The van der Waals surface area contributed by atoms with Gasteiger partial charge in [-0.05, 0) is 30.7 Å². The number of aromatic hydroxyl groups is 1. The highest BCUT2D eigenvalue weighted by molar-refractivity contribution is 5.46. The second-order valence-corrected chi connectivity index (χ2v) is 7.00. The number of rotatable bonds is 8. The summed E-state index contributed by atoms with van der Waals surface area (Å²) in [6.45, 7) is 10.8. The van der Waals surface area contributed by atoms with Crippen LogP contribution in [0.3, 0.4) is 0 Å². The van der Waals surface area contributed by atoms with Crippen molar-refractivity contribution in [3.8, 4) is 5.75 Å². The van der Waals surface area contributed by atoms with Gasteiger partial charge < -0.3 is 15.3 Å². The minimum atomic E-state index is -0.105. The van der Waals surface area contributed by atoms with Crippen LogP contribution < -0.4 is 0 Å². The Balaban J connectivity index is 3.00. The van der Waals surface area contributed by atoms with Gasteiger partial charge in [-0.25, -0.2) is 0 Å². The maximum atomic E-state index is 10.6. The van der Waals surface area contributed by atoms with Gasteiger partial charge in [-0.3, -0.25) is 4.90 Å². The van der Waals surface area contributed by atoms with E-state index < -0.39 is 0 Å². The molecule has 0 aliphatic heterocycles. The number of aliphatic hydroxyl groups excluding tert-OH is 2. The Morgan fingerprint density at radius 2 is 1.55 bits per heavy atom. The Labute approximate surface area is 134 Å². The molecule has 0 aliphatic rings. The van der Waals surface area contributed by atoms with Crippen LogP contribution in [0.4, 0.5) is 0 Å². The molecule has 0 aromatic heterocycles. The monoisotopic (exact) mass is 309 g/mol. The molecule has 0 bridgehead atoms. The molecular weight excluding hydrogens is 278 g/mol. The van der Waals surface area contributed by atoms with E-state index in [4.69, 9.17) is 10.2 Å². The van der Waals surface area contributed by atoms with E-state index in [-0.39, 0.29) is 18.6 Å². The molecule has 0 spiro atoms. The molecule has 0 aliphatic carbocycles. The van der Waals surface area contributed by atoms with E-state index in [1.807, 2.05) is 19.1 Å². The molecule has 0 saturated carbocycles. The van der Waals surface area contributed by atoms with Crippen molar-refractivity contribution in [3.63, 3.8) is 0 Å². The summed E-state index contributed by atoms with van der Waals surface area (Å²) in [6.07, 6.45) is 1.40. The second-order valence-electron chi connectivity index (χ2n) is 7.00. The first kappa shape index (κ1) is 18.9. The van der Waals surface area contributed by atoms with Crippen LogP contribution in [0.5, 0.6) is 5.75 Å². The summed E-state index contributed by atoms with van der Waals surface area (Å²) in [7, 11) is 0. The molecule has 126 valence electrons. The van der Waals surface area contributed by atoms with Crippen LogP contribution in [0.1, 0.15) is 50.3 Å². The van der Waals surface area contributed by atoms with Crippen molar-refractivity contribution in [1.82, 2.24) is 4.90 Å². The van der Waals surface area contributed by atoms with Gasteiger partial charge >= 0.3 is 0 Å². The van der Waals surface area contributed by atoms with Crippen LogP contribution in [-0.2, 0) is 12.0 Å². The minimum Gasteiger partial charge on any atom is -0.507 e. The summed E-state index contributed by atoms with van der Waals surface area (Å²) in [6, 6.07) is 4.07. The van der Waals surface area contributed by atoms with Crippen molar-refractivity contribution >= 4 is 0 Å². The molecule has 1 rings (SSSR count). The summed E-state index contributed by atoms with van der Waals surface area (Å²) in [4.78, 5) is 2.17. The summed E-state index contributed by atoms with van der Waals surface area (Å²) < 4.78 is 0. The first-order chi connectivity index (χ1) is 10.3. The minimum absolute atomic E-state index is 0.105. The van der Waals surface area contributed by atoms with Gasteiger partial charge in [-0.2, -0.15) is 0 Å². The number of phenols is 1. The lowest BCUT2D eigenvalue weighted by atomic mass is 9.84. The van der Waals surface area contributed by atoms with Crippen molar-refractivity contribution < 1.29 is 15.3 Å². The van der Waals surface area contributed by atoms with Crippen molar-refractivity contribution in [2.75, 3.05) is 26.3 Å². The Bertz CT molecular complexity index is 458. The number of aliphatic hydroxyl groups is 2. The van der Waals surface area contributed by atoms with E-state index in [1.54, 1.807) is 0 Å². The number of hydrogen-bond acceptors (Lipinski definition) is 4. The normalized spacial score (nSPS) is 12.1. The molecule has 4 heteroatoms. The number of aryl methyl sites for hydroxylation is 1. The molecule has 3 N–H and O–H groups in total. The molecule has 4 nitrogen and oxygen atoms in total. The zero-order chi connectivity index (χ0) is 16.8. The van der Waals surface area contributed by atoms with Crippen molar-refractivity contribution in [2.45, 2.75) is 52.5 Å². The zero-order valence-corrected chi connectivity index (χ0v) is 14.4. The Kier molecular flexibility index (Phi) is 7.33. The molecule has 22 heavy (non-hydrogen) atoms. The Morgan fingerprint density at radius 3 is 2.00 bits per heavy atom. The Hall–Kier alpha value is -1.10. The largest absolute Gasteiger partial charge is 0.507 e. The third kappa shape index (κ3) is 5.59. The molecule has 0 fully saturated rings. The molecule has 1 aromatic rings.